The fourth-order valence-corrected chi connectivity index (χ4v) is 3.65. The molecule has 0 saturated heterocycles. The molecule has 0 saturated carbocycles. The summed E-state index contributed by atoms with van der Waals surface area (Å²) in [5.41, 5.74) is 6.73. The van der Waals surface area contributed by atoms with E-state index < -0.39 is 0 Å². The first-order chi connectivity index (χ1) is 13.2. The molecular weight excluding hydrogens is 340 g/mol. The molecule has 132 valence electrons. The van der Waals surface area contributed by atoms with Crippen molar-refractivity contribution in [2.24, 2.45) is 0 Å². The second-order valence-corrected chi connectivity index (χ2v) is 6.71. The highest BCUT2D eigenvalue weighted by Crippen LogP contribution is 2.37. The van der Waals surface area contributed by atoms with Crippen molar-refractivity contribution >= 4 is 23.2 Å². The van der Waals surface area contributed by atoms with Gasteiger partial charge in [0, 0.05) is 11.3 Å². The molecule has 2 amide bonds. The van der Waals surface area contributed by atoms with E-state index >= 15 is 0 Å². The summed E-state index contributed by atoms with van der Waals surface area (Å²) in [6.45, 7) is -0.00391. The van der Waals surface area contributed by atoms with E-state index in [1.807, 2.05) is 24.3 Å². The molecule has 5 heteroatoms. The van der Waals surface area contributed by atoms with E-state index in [-0.39, 0.29) is 18.4 Å². The Bertz CT molecular complexity index is 1100. The lowest BCUT2D eigenvalue weighted by Gasteiger charge is -2.18. The molecular formula is C22H16N2O3. The van der Waals surface area contributed by atoms with Crippen LogP contribution in [-0.4, -0.2) is 18.4 Å². The van der Waals surface area contributed by atoms with E-state index in [1.54, 1.807) is 18.2 Å². The molecule has 0 spiro atoms. The number of benzene rings is 3. The number of hydrogen-bond donors (Lipinski definition) is 2. The minimum atomic E-state index is -0.229. The maximum atomic E-state index is 12.6. The van der Waals surface area contributed by atoms with Gasteiger partial charge in [-0.2, -0.15) is 0 Å². The van der Waals surface area contributed by atoms with Crippen molar-refractivity contribution in [3.8, 4) is 16.9 Å². The standard InChI is InChI=1S/C22H16N2O3/c25-21-12-27-20-8-5-14(11-19(20)24-21)22(26)23-16-6-7-18-15(10-16)9-13-3-1-2-4-17(13)18/h1-8,10-11H,9,12H2,(H,23,26)(H,24,25). The second-order valence-electron chi connectivity index (χ2n) is 6.71. The van der Waals surface area contributed by atoms with Crippen molar-refractivity contribution in [1.82, 2.24) is 0 Å². The highest BCUT2D eigenvalue weighted by Gasteiger charge is 2.20. The zero-order valence-corrected chi connectivity index (χ0v) is 14.4. The lowest BCUT2D eigenvalue weighted by molar-refractivity contribution is -0.118. The molecule has 2 N–H and O–H groups in total. The van der Waals surface area contributed by atoms with Crippen LogP contribution >= 0.6 is 0 Å². The summed E-state index contributed by atoms with van der Waals surface area (Å²) < 4.78 is 5.33. The van der Waals surface area contributed by atoms with E-state index in [1.165, 1.54) is 22.3 Å². The monoisotopic (exact) mass is 356 g/mol. The third kappa shape index (κ3) is 2.73. The highest BCUT2D eigenvalue weighted by molar-refractivity contribution is 6.06. The normalized spacial score (nSPS) is 13.7. The van der Waals surface area contributed by atoms with Gasteiger partial charge >= 0.3 is 0 Å². The summed E-state index contributed by atoms with van der Waals surface area (Å²) in [4.78, 5) is 24.1. The molecule has 2 aliphatic rings. The molecule has 0 radical (unpaired) electrons. The van der Waals surface area contributed by atoms with Gasteiger partial charge in [0.25, 0.3) is 11.8 Å². The Labute approximate surface area is 156 Å². The summed E-state index contributed by atoms with van der Waals surface area (Å²) in [7, 11) is 0. The second kappa shape index (κ2) is 5.99. The average molecular weight is 356 g/mol. The highest BCUT2D eigenvalue weighted by atomic mass is 16.5. The van der Waals surface area contributed by atoms with Crippen LogP contribution in [0.3, 0.4) is 0 Å². The Kier molecular flexibility index (Phi) is 3.47. The average Bonchev–Trinajstić information content (AvgIpc) is 3.05. The van der Waals surface area contributed by atoms with Crippen molar-refractivity contribution in [3.05, 3.63) is 77.4 Å². The van der Waals surface area contributed by atoms with Crippen molar-refractivity contribution in [2.75, 3.05) is 17.2 Å². The van der Waals surface area contributed by atoms with Crippen LogP contribution in [0, 0.1) is 0 Å². The summed E-state index contributed by atoms with van der Waals surface area (Å²) >= 11 is 0. The minimum Gasteiger partial charge on any atom is -0.482 e. The quantitative estimate of drug-likeness (QED) is 0.573. The first kappa shape index (κ1) is 15.6. The van der Waals surface area contributed by atoms with Crippen LogP contribution in [0.1, 0.15) is 21.5 Å². The number of carbonyl (C=O) groups is 2. The molecule has 0 aromatic heterocycles. The zero-order chi connectivity index (χ0) is 18.4. The molecule has 1 heterocycles. The summed E-state index contributed by atoms with van der Waals surface area (Å²) in [5, 5.41) is 5.66. The Morgan fingerprint density at radius 3 is 2.74 bits per heavy atom. The Morgan fingerprint density at radius 2 is 1.81 bits per heavy atom. The Morgan fingerprint density at radius 1 is 0.963 bits per heavy atom. The van der Waals surface area contributed by atoms with Gasteiger partial charge in [-0.15, -0.1) is 0 Å². The maximum Gasteiger partial charge on any atom is 0.262 e. The van der Waals surface area contributed by atoms with Gasteiger partial charge in [-0.05, 0) is 59.0 Å². The number of fused-ring (bicyclic) bond motifs is 4. The molecule has 0 fully saturated rings. The number of nitrogens with one attached hydrogen (secondary N) is 2. The SMILES string of the molecule is O=C1COc2ccc(C(=O)Nc3ccc4c(c3)Cc3ccccc3-4)cc2N1. The molecule has 5 rings (SSSR count). The van der Waals surface area contributed by atoms with Crippen LogP contribution in [0.4, 0.5) is 11.4 Å². The van der Waals surface area contributed by atoms with Crippen LogP contribution < -0.4 is 15.4 Å². The van der Waals surface area contributed by atoms with Gasteiger partial charge in [0.15, 0.2) is 6.61 Å². The van der Waals surface area contributed by atoms with Gasteiger partial charge in [-0.25, -0.2) is 0 Å². The van der Waals surface area contributed by atoms with Gasteiger partial charge in [0.2, 0.25) is 0 Å². The molecule has 1 aliphatic heterocycles. The van der Waals surface area contributed by atoms with Crippen LogP contribution in [0.5, 0.6) is 5.75 Å². The predicted octanol–water partition coefficient (Wildman–Crippen LogP) is 3.84. The number of hydrogen-bond acceptors (Lipinski definition) is 3. The lowest BCUT2D eigenvalue weighted by Crippen LogP contribution is -2.25. The lowest BCUT2D eigenvalue weighted by atomic mass is 10.1. The third-order valence-corrected chi connectivity index (χ3v) is 4.93. The molecule has 3 aromatic carbocycles. The minimum absolute atomic E-state index is 0.00391. The van der Waals surface area contributed by atoms with Gasteiger partial charge in [0.05, 0.1) is 5.69 Å². The number of carbonyl (C=O) groups excluding carboxylic acids is 2. The number of anilines is 2. The number of ether oxygens (including phenoxy) is 1. The van der Waals surface area contributed by atoms with E-state index in [0.717, 1.165) is 12.1 Å². The fraction of sp³-hybridized carbons (Fsp3) is 0.0909. The molecule has 1 aliphatic carbocycles. The van der Waals surface area contributed by atoms with Crippen LogP contribution in [0.2, 0.25) is 0 Å². The number of rotatable bonds is 2. The third-order valence-electron chi connectivity index (χ3n) is 4.93. The predicted molar refractivity (Wildman–Crippen MR) is 103 cm³/mol. The fourth-order valence-electron chi connectivity index (χ4n) is 3.65. The molecule has 0 bridgehead atoms. The first-order valence-corrected chi connectivity index (χ1v) is 8.77. The van der Waals surface area contributed by atoms with Crippen molar-refractivity contribution in [3.63, 3.8) is 0 Å². The molecule has 0 unspecified atom stereocenters. The van der Waals surface area contributed by atoms with E-state index in [9.17, 15) is 9.59 Å². The topological polar surface area (TPSA) is 67.4 Å². The van der Waals surface area contributed by atoms with E-state index in [0.29, 0.717) is 17.0 Å². The summed E-state index contributed by atoms with van der Waals surface area (Å²) in [5.74, 6) is 0.118. The molecule has 27 heavy (non-hydrogen) atoms. The first-order valence-electron chi connectivity index (χ1n) is 8.77. The molecule has 3 aromatic rings. The zero-order valence-electron chi connectivity index (χ0n) is 14.4. The Hall–Kier alpha value is -3.60. The smallest absolute Gasteiger partial charge is 0.262 e. The van der Waals surface area contributed by atoms with Crippen molar-refractivity contribution in [1.29, 1.82) is 0 Å². The van der Waals surface area contributed by atoms with Gasteiger partial charge in [0.1, 0.15) is 5.75 Å². The summed E-state index contributed by atoms with van der Waals surface area (Å²) in [6.07, 6.45) is 0.872. The maximum absolute atomic E-state index is 12.6. The molecule has 5 nitrogen and oxygen atoms in total. The number of amides is 2. The summed E-state index contributed by atoms with van der Waals surface area (Å²) in [6, 6.07) is 19.4. The van der Waals surface area contributed by atoms with Crippen LogP contribution in [0.25, 0.3) is 11.1 Å². The van der Waals surface area contributed by atoms with Crippen LogP contribution in [-0.2, 0) is 11.2 Å². The molecule has 0 atom stereocenters. The van der Waals surface area contributed by atoms with E-state index in [4.69, 9.17) is 4.74 Å². The largest absolute Gasteiger partial charge is 0.482 e. The van der Waals surface area contributed by atoms with Crippen LogP contribution in [0.15, 0.2) is 60.7 Å². The van der Waals surface area contributed by atoms with Gasteiger partial charge < -0.3 is 15.4 Å². The van der Waals surface area contributed by atoms with Gasteiger partial charge in [-0.1, -0.05) is 30.3 Å². The Balaban J connectivity index is 1.39. The van der Waals surface area contributed by atoms with E-state index in [2.05, 4.69) is 28.8 Å². The van der Waals surface area contributed by atoms with Crippen molar-refractivity contribution < 1.29 is 14.3 Å². The van der Waals surface area contributed by atoms with Crippen molar-refractivity contribution in [2.45, 2.75) is 6.42 Å². The van der Waals surface area contributed by atoms with Gasteiger partial charge in [-0.3, -0.25) is 9.59 Å².